The first-order chi connectivity index (χ1) is 14.1. The Hall–Kier alpha value is -3.92. The number of esters is 1. The van der Waals surface area contributed by atoms with Crippen LogP contribution in [0.5, 0.6) is 0 Å². The maximum Gasteiger partial charge on any atom is 0.306 e. The van der Waals surface area contributed by atoms with Crippen LogP contribution < -0.4 is 5.32 Å². The second-order valence-corrected chi connectivity index (χ2v) is 6.37. The minimum Gasteiger partial charge on any atom is -0.456 e. The second-order valence-electron chi connectivity index (χ2n) is 6.37. The van der Waals surface area contributed by atoms with Crippen LogP contribution in [0.4, 0.5) is 5.69 Å². The van der Waals surface area contributed by atoms with Crippen LogP contribution in [0, 0.1) is 11.3 Å². The van der Waals surface area contributed by atoms with E-state index in [-0.39, 0.29) is 13.0 Å². The van der Waals surface area contributed by atoms with Gasteiger partial charge < -0.3 is 10.1 Å². The maximum atomic E-state index is 11.9. The molecule has 0 atom stereocenters. The van der Waals surface area contributed by atoms with Crippen molar-refractivity contribution in [1.82, 2.24) is 9.78 Å². The molecule has 0 bridgehead atoms. The predicted molar refractivity (Wildman–Crippen MR) is 107 cm³/mol. The summed E-state index contributed by atoms with van der Waals surface area (Å²) in [6.45, 7) is -0.345. The molecule has 1 aromatic heterocycles. The van der Waals surface area contributed by atoms with Gasteiger partial charge in [0.1, 0.15) is 0 Å². The summed E-state index contributed by atoms with van der Waals surface area (Å²) in [5.41, 5.74) is 3.31. The topological polar surface area (TPSA) is 97.0 Å². The van der Waals surface area contributed by atoms with Gasteiger partial charge in [-0.1, -0.05) is 30.3 Å². The molecule has 29 heavy (non-hydrogen) atoms. The standard InChI is InChI=1S/C22H20N4O3/c23-13-12-17-6-9-19(10-7-17)25-21(27)16-29-22(28)11-8-18-14-24-26(15-18)20-4-2-1-3-5-20/h1-7,9-10,14-15H,8,11-12,16H2,(H,25,27). The smallest absolute Gasteiger partial charge is 0.306 e. The number of hydrogen-bond donors (Lipinski definition) is 1. The molecule has 0 unspecified atom stereocenters. The van der Waals surface area contributed by atoms with Crippen molar-refractivity contribution in [1.29, 1.82) is 5.26 Å². The van der Waals surface area contributed by atoms with Crippen LogP contribution in [0.2, 0.25) is 0 Å². The molecule has 146 valence electrons. The molecule has 0 saturated heterocycles. The SMILES string of the molecule is N#CCc1ccc(NC(=O)COC(=O)CCc2cnn(-c3ccccc3)c2)cc1. The number of para-hydroxylation sites is 1. The van der Waals surface area contributed by atoms with Gasteiger partial charge in [0, 0.05) is 18.3 Å². The van der Waals surface area contributed by atoms with Gasteiger partial charge in [-0.3, -0.25) is 9.59 Å². The lowest BCUT2D eigenvalue weighted by molar-refractivity contribution is -0.147. The largest absolute Gasteiger partial charge is 0.456 e. The van der Waals surface area contributed by atoms with Crippen molar-refractivity contribution in [3.05, 3.63) is 78.1 Å². The lowest BCUT2D eigenvalue weighted by Gasteiger charge is -2.07. The van der Waals surface area contributed by atoms with E-state index < -0.39 is 11.9 Å². The molecule has 0 aliphatic carbocycles. The van der Waals surface area contributed by atoms with Gasteiger partial charge in [-0.25, -0.2) is 4.68 Å². The van der Waals surface area contributed by atoms with E-state index in [0.29, 0.717) is 18.5 Å². The Morgan fingerprint density at radius 2 is 1.83 bits per heavy atom. The first kappa shape index (κ1) is 19.8. The number of anilines is 1. The zero-order valence-electron chi connectivity index (χ0n) is 15.7. The minimum atomic E-state index is -0.447. The third kappa shape index (κ3) is 6.04. The van der Waals surface area contributed by atoms with Gasteiger partial charge in [-0.2, -0.15) is 10.4 Å². The molecule has 0 radical (unpaired) electrons. The van der Waals surface area contributed by atoms with Gasteiger partial charge in [0.2, 0.25) is 0 Å². The Morgan fingerprint density at radius 3 is 2.55 bits per heavy atom. The number of nitrogens with one attached hydrogen (secondary N) is 1. The molecule has 3 rings (SSSR count). The van der Waals surface area contributed by atoms with Crippen LogP contribution in [-0.4, -0.2) is 28.3 Å². The van der Waals surface area contributed by atoms with Gasteiger partial charge in [-0.05, 0) is 41.8 Å². The molecule has 1 N–H and O–H groups in total. The monoisotopic (exact) mass is 388 g/mol. The van der Waals surface area contributed by atoms with Crippen molar-refractivity contribution in [2.45, 2.75) is 19.3 Å². The zero-order chi connectivity index (χ0) is 20.5. The number of nitriles is 1. The lowest BCUT2D eigenvalue weighted by Crippen LogP contribution is -2.21. The summed E-state index contributed by atoms with van der Waals surface area (Å²) in [5.74, 6) is -0.861. The van der Waals surface area contributed by atoms with Gasteiger partial charge in [0.05, 0.1) is 24.4 Å². The van der Waals surface area contributed by atoms with Gasteiger partial charge in [0.15, 0.2) is 6.61 Å². The van der Waals surface area contributed by atoms with Crippen LogP contribution in [0.3, 0.4) is 0 Å². The molecule has 1 heterocycles. The average molecular weight is 388 g/mol. The highest BCUT2D eigenvalue weighted by atomic mass is 16.5. The van der Waals surface area contributed by atoms with E-state index >= 15 is 0 Å². The number of carbonyl (C=O) groups excluding carboxylic acids is 2. The summed E-state index contributed by atoms with van der Waals surface area (Å²) in [6, 6.07) is 18.7. The van der Waals surface area contributed by atoms with Crippen molar-refractivity contribution in [3.8, 4) is 11.8 Å². The van der Waals surface area contributed by atoms with E-state index in [4.69, 9.17) is 10.00 Å². The van der Waals surface area contributed by atoms with E-state index in [1.54, 1.807) is 35.1 Å². The van der Waals surface area contributed by atoms with E-state index in [1.165, 1.54) is 0 Å². The molecular formula is C22H20N4O3. The molecule has 3 aromatic rings. The zero-order valence-corrected chi connectivity index (χ0v) is 15.7. The molecule has 0 aliphatic rings. The summed E-state index contributed by atoms with van der Waals surface area (Å²) >= 11 is 0. The van der Waals surface area contributed by atoms with Crippen LogP contribution in [0.25, 0.3) is 5.69 Å². The third-order valence-electron chi connectivity index (χ3n) is 4.16. The Morgan fingerprint density at radius 1 is 1.07 bits per heavy atom. The maximum absolute atomic E-state index is 11.9. The molecule has 7 nitrogen and oxygen atoms in total. The Labute approximate surface area is 168 Å². The van der Waals surface area contributed by atoms with Crippen LogP contribution >= 0.6 is 0 Å². The van der Waals surface area contributed by atoms with E-state index in [1.807, 2.05) is 36.5 Å². The van der Waals surface area contributed by atoms with E-state index in [0.717, 1.165) is 16.8 Å². The van der Waals surface area contributed by atoms with Gasteiger partial charge >= 0.3 is 5.97 Å². The molecule has 0 aliphatic heterocycles. The van der Waals surface area contributed by atoms with Crippen LogP contribution in [-0.2, 0) is 27.2 Å². The molecular weight excluding hydrogens is 368 g/mol. The molecule has 0 saturated carbocycles. The number of benzene rings is 2. The number of aromatic nitrogens is 2. The van der Waals surface area contributed by atoms with Gasteiger partial charge in [-0.15, -0.1) is 0 Å². The summed E-state index contributed by atoms with van der Waals surface area (Å²) < 4.78 is 6.78. The number of nitrogens with zero attached hydrogens (tertiary/aromatic N) is 3. The number of ether oxygens (including phenoxy) is 1. The third-order valence-corrected chi connectivity index (χ3v) is 4.16. The average Bonchev–Trinajstić information content (AvgIpc) is 3.22. The number of rotatable bonds is 8. The van der Waals surface area contributed by atoms with Crippen molar-refractivity contribution in [2.24, 2.45) is 0 Å². The highest BCUT2D eigenvalue weighted by Gasteiger charge is 2.09. The Kier molecular flexibility index (Phi) is 6.74. The molecule has 0 fully saturated rings. The fourth-order valence-corrected chi connectivity index (χ4v) is 2.67. The first-order valence-corrected chi connectivity index (χ1v) is 9.14. The number of aryl methyl sites for hydroxylation is 1. The summed E-state index contributed by atoms with van der Waals surface area (Å²) in [6.07, 6.45) is 4.54. The highest BCUT2D eigenvalue weighted by molar-refractivity contribution is 5.92. The fraction of sp³-hybridized carbons (Fsp3) is 0.182. The van der Waals surface area contributed by atoms with Crippen LogP contribution in [0.1, 0.15) is 17.5 Å². The fourth-order valence-electron chi connectivity index (χ4n) is 2.67. The van der Waals surface area contributed by atoms with E-state index in [9.17, 15) is 9.59 Å². The number of amides is 1. The molecule has 1 amide bonds. The van der Waals surface area contributed by atoms with E-state index in [2.05, 4.69) is 16.5 Å². The van der Waals surface area contributed by atoms with Gasteiger partial charge in [0.25, 0.3) is 5.91 Å². The molecule has 0 spiro atoms. The predicted octanol–water partition coefficient (Wildman–Crippen LogP) is 3.05. The second kappa shape index (κ2) is 9.85. The number of carbonyl (C=O) groups is 2. The quantitative estimate of drug-likeness (QED) is 0.598. The lowest BCUT2D eigenvalue weighted by atomic mass is 10.1. The van der Waals surface area contributed by atoms with Crippen molar-refractivity contribution < 1.29 is 14.3 Å². The van der Waals surface area contributed by atoms with Crippen molar-refractivity contribution in [3.63, 3.8) is 0 Å². The molecule has 7 heteroatoms. The Balaban J connectivity index is 1.40. The Bertz CT molecular complexity index is 1000. The molecule has 2 aromatic carbocycles. The highest BCUT2D eigenvalue weighted by Crippen LogP contribution is 2.11. The van der Waals surface area contributed by atoms with Crippen molar-refractivity contribution >= 4 is 17.6 Å². The normalized spacial score (nSPS) is 10.2. The van der Waals surface area contributed by atoms with Crippen molar-refractivity contribution in [2.75, 3.05) is 11.9 Å². The number of hydrogen-bond acceptors (Lipinski definition) is 5. The summed E-state index contributed by atoms with van der Waals surface area (Å²) in [7, 11) is 0. The first-order valence-electron chi connectivity index (χ1n) is 9.14. The minimum absolute atomic E-state index is 0.163. The van der Waals surface area contributed by atoms with Crippen LogP contribution in [0.15, 0.2) is 67.0 Å². The summed E-state index contributed by atoms with van der Waals surface area (Å²) in [4.78, 5) is 23.8. The summed E-state index contributed by atoms with van der Waals surface area (Å²) in [5, 5.41) is 15.6.